The minimum Gasteiger partial charge on any atom is -0.510 e. The van der Waals surface area contributed by atoms with E-state index in [-0.39, 0.29) is 0 Å². The molecule has 0 radical (unpaired) electrons. The Morgan fingerprint density at radius 3 is 1.23 bits per heavy atom. The SMILES string of the molecule is CCCC[Si](OC(=O)CC(O)C(=O)O[Si](CCCC)(c1ccccc1)c1ccccc1)(c1ccccc1)c1ccccc1. The van der Waals surface area contributed by atoms with Crippen LogP contribution < -0.4 is 20.7 Å². The van der Waals surface area contributed by atoms with Gasteiger partial charge in [0.25, 0.3) is 5.97 Å². The summed E-state index contributed by atoms with van der Waals surface area (Å²) in [5.41, 5.74) is 0. The van der Waals surface area contributed by atoms with E-state index in [2.05, 4.69) is 13.8 Å². The Balaban J connectivity index is 1.62. The van der Waals surface area contributed by atoms with Crippen LogP contribution in [0.5, 0.6) is 0 Å². The molecule has 0 aliphatic heterocycles. The minimum absolute atomic E-state index is 0.471. The number of aliphatic hydroxyl groups is 1. The Kier molecular flexibility index (Phi) is 11.7. The van der Waals surface area contributed by atoms with Gasteiger partial charge >= 0.3 is 22.6 Å². The Hall–Kier alpha value is -3.79. The van der Waals surface area contributed by atoms with E-state index in [1.54, 1.807) is 0 Å². The summed E-state index contributed by atoms with van der Waals surface area (Å²) >= 11 is 0. The van der Waals surface area contributed by atoms with Crippen LogP contribution in [0, 0.1) is 0 Å². The molecule has 0 saturated carbocycles. The zero-order valence-electron chi connectivity index (χ0n) is 25.2. The van der Waals surface area contributed by atoms with E-state index in [9.17, 15) is 14.7 Å². The summed E-state index contributed by atoms with van der Waals surface area (Å²) in [6.45, 7) is 4.22. The highest BCUT2D eigenvalue weighted by Gasteiger charge is 2.45. The molecule has 0 bridgehead atoms. The molecule has 0 amide bonds. The topological polar surface area (TPSA) is 72.8 Å². The molecule has 1 N–H and O–H groups in total. The van der Waals surface area contributed by atoms with Gasteiger partial charge in [-0.3, -0.25) is 9.59 Å². The summed E-state index contributed by atoms with van der Waals surface area (Å²) in [4.78, 5) is 27.3. The molecule has 5 nitrogen and oxygen atoms in total. The molecule has 224 valence electrons. The Morgan fingerprint density at radius 1 is 0.581 bits per heavy atom. The monoisotopic (exact) mass is 610 g/mol. The highest BCUT2D eigenvalue weighted by Crippen LogP contribution is 2.21. The smallest absolute Gasteiger partial charge is 0.322 e. The molecule has 0 heterocycles. The quantitative estimate of drug-likeness (QED) is 0.193. The summed E-state index contributed by atoms with van der Waals surface area (Å²) in [7, 11) is -6.08. The van der Waals surface area contributed by atoms with Crippen molar-refractivity contribution in [2.45, 2.75) is 64.1 Å². The lowest BCUT2D eigenvalue weighted by molar-refractivity contribution is -0.150. The second-order valence-corrected chi connectivity index (χ2v) is 18.0. The van der Waals surface area contributed by atoms with Crippen molar-refractivity contribution in [1.29, 1.82) is 0 Å². The third-order valence-electron chi connectivity index (χ3n) is 7.92. The molecule has 1 unspecified atom stereocenters. The third-order valence-corrected chi connectivity index (χ3v) is 16.2. The third kappa shape index (κ3) is 7.79. The molecule has 4 aromatic carbocycles. The fourth-order valence-electron chi connectivity index (χ4n) is 5.65. The van der Waals surface area contributed by atoms with Gasteiger partial charge in [0, 0.05) is 0 Å². The summed E-state index contributed by atoms with van der Waals surface area (Å²) in [5.74, 6) is -1.38. The van der Waals surface area contributed by atoms with E-state index in [0.29, 0.717) is 12.1 Å². The first-order valence-electron chi connectivity index (χ1n) is 15.3. The maximum Gasteiger partial charge on any atom is 0.322 e. The van der Waals surface area contributed by atoms with Gasteiger partial charge in [0.15, 0.2) is 6.10 Å². The van der Waals surface area contributed by atoms with Crippen LogP contribution in [0.3, 0.4) is 0 Å². The molecule has 0 spiro atoms. The van der Waals surface area contributed by atoms with Crippen molar-refractivity contribution >= 4 is 49.3 Å². The molecule has 0 aliphatic carbocycles. The first-order valence-corrected chi connectivity index (χ1v) is 19.5. The van der Waals surface area contributed by atoms with Crippen molar-refractivity contribution < 1.29 is 23.5 Å². The van der Waals surface area contributed by atoms with Crippen LogP contribution in [0.1, 0.15) is 46.0 Å². The van der Waals surface area contributed by atoms with Crippen LogP contribution in [0.4, 0.5) is 0 Å². The van der Waals surface area contributed by atoms with E-state index in [4.69, 9.17) is 8.85 Å². The zero-order valence-corrected chi connectivity index (χ0v) is 27.2. The second-order valence-electron chi connectivity index (χ2n) is 10.9. The van der Waals surface area contributed by atoms with Gasteiger partial charge in [-0.05, 0) is 32.8 Å². The number of benzene rings is 4. The summed E-state index contributed by atoms with van der Waals surface area (Å²) in [5, 5.41) is 15.0. The van der Waals surface area contributed by atoms with Crippen molar-refractivity contribution in [3.05, 3.63) is 121 Å². The van der Waals surface area contributed by atoms with Gasteiger partial charge in [0.2, 0.25) is 0 Å². The van der Waals surface area contributed by atoms with Crippen LogP contribution >= 0.6 is 0 Å². The number of carbonyl (C=O) groups is 2. The number of carbonyl (C=O) groups excluding carboxylic acids is 2. The van der Waals surface area contributed by atoms with Gasteiger partial charge in [-0.25, -0.2) is 0 Å². The minimum atomic E-state index is -3.07. The van der Waals surface area contributed by atoms with Gasteiger partial charge in [0.05, 0.1) is 6.42 Å². The van der Waals surface area contributed by atoms with Gasteiger partial charge in [-0.15, -0.1) is 0 Å². The van der Waals surface area contributed by atoms with E-state index in [0.717, 1.165) is 46.4 Å². The van der Waals surface area contributed by atoms with Gasteiger partial charge in [-0.1, -0.05) is 161 Å². The molecule has 4 rings (SSSR count). The second kappa shape index (κ2) is 15.6. The first kappa shape index (κ1) is 32.1. The molecular formula is C36H42O5Si2. The number of rotatable bonds is 15. The lowest BCUT2D eigenvalue weighted by atomic mass is 10.3. The fourth-order valence-corrected chi connectivity index (χ4v) is 13.7. The Morgan fingerprint density at radius 2 is 0.907 bits per heavy atom. The predicted octanol–water partition coefficient (Wildman–Crippen LogP) is 4.94. The number of hydrogen-bond acceptors (Lipinski definition) is 5. The summed E-state index contributed by atoms with van der Waals surface area (Å²) < 4.78 is 12.8. The van der Waals surface area contributed by atoms with Crippen molar-refractivity contribution in [3.63, 3.8) is 0 Å². The molecule has 7 heteroatoms. The highest BCUT2D eigenvalue weighted by atomic mass is 28.4. The van der Waals surface area contributed by atoms with Crippen LogP contribution in [-0.4, -0.2) is 39.8 Å². The van der Waals surface area contributed by atoms with Crippen LogP contribution in [0.25, 0.3) is 0 Å². The van der Waals surface area contributed by atoms with Crippen molar-refractivity contribution in [3.8, 4) is 0 Å². The number of hydrogen-bond donors (Lipinski definition) is 1. The molecule has 0 fully saturated rings. The van der Waals surface area contributed by atoms with Crippen molar-refractivity contribution in [2.75, 3.05) is 0 Å². The molecule has 0 aliphatic rings. The van der Waals surface area contributed by atoms with Gasteiger partial charge < -0.3 is 14.0 Å². The highest BCUT2D eigenvalue weighted by molar-refractivity contribution is 6.99. The molecule has 1 atom stereocenters. The predicted molar refractivity (Wildman–Crippen MR) is 178 cm³/mol. The lowest BCUT2D eigenvalue weighted by Gasteiger charge is -2.34. The molecule has 43 heavy (non-hydrogen) atoms. The van der Waals surface area contributed by atoms with Crippen molar-refractivity contribution in [1.82, 2.24) is 0 Å². The Bertz CT molecular complexity index is 1340. The van der Waals surface area contributed by atoms with E-state index < -0.39 is 41.1 Å². The number of aliphatic hydroxyl groups excluding tert-OH is 1. The normalized spacial score (nSPS) is 12.3. The molecule has 4 aromatic rings. The van der Waals surface area contributed by atoms with Gasteiger partial charge in [-0.2, -0.15) is 0 Å². The standard InChI is InChI=1S/C36H42O5Si2/c1-3-5-27-42(30-19-11-7-12-20-30,31-21-13-8-14-22-31)40-35(38)29-34(37)36(39)41-43(28-6-4-2,32-23-15-9-16-24-32)33-25-17-10-18-26-33/h7-26,34,37H,3-6,27-29H2,1-2H3. The largest absolute Gasteiger partial charge is 0.510 e. The molecule has 0 aromatic heterocycles. The molecular weight excluding hydrogens is 569 g/mol. The van der Waals surface area contributed by atoms with Crippen LogP contribution in [-0.2, 0) is 18.4 Å². The van der Waals surface area contributed by atoms with Crippen LogP contribution in [0.2, 0.25) is 12.1 Å². The average molecular weight is 611 g/mol. The zero-order chi connectivity index (χ0) is 30.5. The average Bonchev–Trinajstić information content (AvgIpc) is 3.06. The van der Waals surface area contributed by atoms with Crippen molar-refractivity contribution in [2.24, 2.45) is 0 Å². The molecule has 0 saturated heterocycles. The Labute approximate surface area is 257 Å². The summed E-state index contributed by atoms with van der Waals surface area (Å²) in [6.07, 6.45) is 1.52. The first-order chi connectivity index (χ1) is 20.9. The fraction of sp³-hybridized carbons (Fsp3) is 0.278. The van der Waals surface area contributed by atoms with Gasteiger partial charge in [0.1, 0.15) is 0 Å². The lowest BCUT2D eigenvalue weighted by Crippen LogP contribution is -2.63. The van der Waals surface area contributed by atoms with E-state index in [1.165, 1.54) is 0 Å². The van der Waals surface area contributed by atoms with E-state index >= 15 is 0 Å². The van der Waals surface area contributed by atoms with E-state index in [1.807, 2.05) is 121 Å². The summed E-state index contributed by atoms with van der Waals surface area (Å²) in [6, 6.07) is 40.8. The van der Waals surface area contributed by atoms with Crippen LogP contribution in [0.15, 0.2) is 121 Å². The maximum absolute atomic E-state index is 13.6. The maximum atomic E-state index is 13.6. The number of unbranched alkanes of at least 4 members (excludes halogenated alkanes) is 2.